The van der Waals surface area contributed by atoms with E-state index in [0.29, 0.717) is 12.1 Å². The maximum absolute atomic E-state index is 12.2. The molecule has 5 heteroatoms. The number of carbonyl (C=O) groups excluding carboxylic acids is 1. The Hall–Kier alpha value is -2.04. The molecule has 0 heterocycles. The highest BCUT2D eigenvalue weighted by molar-refractivity contribution is 5.92. The Morgan fingerprint density at radius 1 is 1.37 bits per heavy atom. The highest BCUT2D eigenvalue weighted by Crippen LogP contribution is 2.15. The molecule has 19 heavy (non-hydrogen) atoms. The van der Waals surface area contributed by atoms with Crippen LogP contribution in [0.1, 0.15) is 25.8 Å². The molecule has 0 aliphatic heterocycles. The Morgan fingerprint density at radius 2 is 2.00 bits per heavy atom. The van der Waals surface area contributed by atoms with Gasteiger partial charge in [-0.15, -0.1) is 0 Å². The number of nitrogens with one attached hydrogen (secondary N) is 1. The molecule has 1 aromatic carbocycles. The van der Waals surface area contributed by atoms with Gasteiger partial charge in [-0.2, -0.15) is 0 Å². The maximum Gasteiger partial charge on any atom is 0.323 e. The summed E-state index contributed by atoms with van der Waals surface area (Å²) in [5.41, 5.74) is 1.64. The molecule has 0 fully saturated rings. The number of para-hydroxylation sites is 1. The van der Waals surface area contributed by atoms with Crippen molar-refractivity contribution in [3.63, 3.8) is 0 Å². The number of aryl methyl sites for hydroxylation is 1. The van der Waals surface area contributed by atoms with Crippen molar-refractivity contribution in [2.24, 2.45) is 0 Å². The van der Waals surface area contributed by atoms with Gasteiger partial charge in [-0.3, -0.25) is 4.79 Å². The van der Waals surface area contributed by atoms with Crippen molar-refractivity contribution in [2.45, 2.75) is 33.2 Å². The van der Waals surface area contributed by atoms with Gasteiger partial charge in [0.2, 0.25) is 0 Å². The van der Waals surface area contributed by atoms with Gasteiger partial charge < -0.3 is 15.3 Å². The molecule has 0 spiro atoms. The van der Waals surface area contributed by atoms with Gasteiger partial charge in [-0.05, 0) is 31.9 Å². The minimum Gasteiger partial charge on any atom is -0.480 e. The second-order valence-electron chi connectivity index (χ2n) is 4.52. The standard InChI is InChI=1S/C14H20N2O3/c1-4-11(3)16(9-13(17)18)14(19)15-12-8-6-5-7-10(12)2/h5-8,11H,4,9H2,1-3H3,(H,15,19)(H,17,18). The molecule has 104 valence electrons. The highest BCUT2D eigenvalue weighted by atomic mass is 16.4. The molecule has 1 unspecified atom stereocenters. The van der Waals surface area contributed by atoms with Crippen molar-refractivity contribution < 1.29 is 14.7 Å². The molecule has 0 saturated carbocycles. The van der Waals surface area contributed by atoms with Gasteiger partial charge in [0.05, 0.1) is 0 Å². The fourth-order valence-electron chi connectivity index (χ4n) is 1.69. The first-order valence-corrected chi connectivity index (χ1v) is 6.30. The molecule has 1 atom stereocenters. The van der Waals surface area contributed by atoms with E-state index in [0.717, 1.165) is 5.56 Å². The van der Waals surface area contributed by atoms with Crippen LogP contribution in [-0.2, 0) is 4.79 Å². The number of urea groups is 1. The van der Waals surface area contributed by atoms with E-state index in [9.17, 15) is 9.59 Å². The maximum atomic E-state index is 12.2. The van der Waals surface area contributed by atoms with E-state index in [1.807, 2.05) is 39.0 Å². The zero-order chi connectivity index (χ0) is 14.4. The molecule has 0 bridgehead atoms. The molecule has 0 aliphatic rings. The van der Waals surface area contributed by atoms with Crippen LogP contribution in [0.15, 0.2) is 24.3 Å². The van der Waals surface area contributed by atoms with Crippen LogP contribution < -0.4 is 5.32 Å². The van der Waals surface area contributed by atoms with Crippen molar-refractivity contribution in [1.82, 2.24) is 4.90 Å². The zero-order valence-corrected chi connectivity index (χ0v) is 11.5. The lowest BCUT2D eigenvalue weighted by Crippen LogP contribution is -2.44. The molecular formula is C14H20N2O3. The van der Waals surface area contributed by atoms with Crippen molar-refractivity contribution in [3.8, 4) is 0 Å². The first-order chi connectivity index (χ1) is 8.95. The number of benzene rings is 1. The summed E-state index contributed by atoms with van der Waals surface area (Å²) in [6.07, 6.45) is 0.703. The van der Waals surface area contributed by atoms with E-state index >= 15 is 0 Å². The Morgan fingerprint density at radius 3 is 2.53 bits per heavy atom. The van der Waals surface area contributed by atoms with E-state index in [2.05, 4.69) is 5.32 Å². The van der Waals surface area contributed by atoms with E-state index < -0.39 is 5.97 Å². The van der Waals surface area contributed by atoms with Gasteiger partial charge in [0.15, 0.2) is 0 Å². The molecule has 0 saturated heterocycles. The van der Waals surface area contributed by atoms with Gasteiger partial charge >= 0.3 is 12.0 Å². The lowest BCUT2D eigenvalue weighted by Gasteiger charge is -2.27. The van der Waals surface area contributed by atoms with Crippen LogP contribution in [0.5, 0.6) is 0 Å². The van der Waals surface area contributed by atoms with Gasteiger partial charge in [0.25, 0.3) is 0 Å². The summed E-state index contributed by atoms with van der Waals surface area (Å²) >= 11 is 0. The fraction of sp³-hybridized carbons (Fsp3) is 0.429. The van der Waals surface area contributed by atoms with Crippen LogP contribution in [0.3, 0.4) is 0 Å². The first kappa shape index (κ1) is 15.0. The summed E-state index contributed by atoms with van der Waals surface area (Å²) in [6.45, 7) is 5.34. The Kier molecular flexibility index (Phi) is 5.36. The summed E-state index contributed by atoms with van der Waals surface area (Å²) in [5.74, 6) is -1.01. The molecule has 2 amide bonds. The summed E-state index contributed by atoms with van der Waals surface area (Å²) in [4.78, 5) is 24.3. The average molecular weight is 264 g/mol. The fourth-order valence-corrected chi connectivity index (χ4v) is 1.69. The Balaban J connectivity index is 2.82. The molecule has 2 N–H and O–H groups in total. The monoisotopic (exact) mass is 264 g/mol. The predicted octanol–water partition coefficient (Wildman–Crippen LogP) is 2.71. The number of rotatable bonds is 5. The largest absolute Gasteiger partial charge is 0.480 e. The van der Waals surface area contributed by atoms with Crippen LogP contribution in [0.2, 0.25) is 0 Å². The quantitative estimate of drug-likeness (QED) is 0.859. The molecule has 0 radical (unpaired) electrons. The van der Waals surface area contributed by atoms with Crippen molar-refractivity contribution in [3.05, 3.63) is 29.8 Å². The molecule has 5 nitrogen and oxygen atoms in total. The van der Waals surface area contributed by atoms with Crippen molar-refractivity contribution in [2.75, 3.05) is 11.9 Å². The Bertz CT molecular complexity index is 460. The number of aliphatic carboxylic acids is 1. The third-order valence-corrected chi connectivity index (χ3v) is 3.08. The molecule has 1 rings (SSSR count). The van der Waals surface area contributed by atoms with Crippen LogP contribution in [0, 0.1) is 6.92 Å². The molecule has 1 aromatic rings. The van der Waals surface area contributed by atoms with Crippen LogP contribution in [-0.4, -0.2) is 34.6 Å². The number of carbonyl (C=O) groups is 2. The third-order valence-electron chi connectivity index (χ3n) is 3.08. The van der Waals surface area contributed by atoms with Gasteiger partial charge in [-0.1, -0.05) is 25.1 Å². The molecular weight excluding hydrogens is 244 g/mol. The van der Waals surface area contributed by atoms with E-state index in [-0.39, 0.29) is 18.6 Å². The minimum atomic E-state index is -1.01. The lowest BCUT2D eigenvalue weighted by atomic mass is 10.2. The van der Waals surface area contributed by atoms with Gasteiger partial charge in [0, 0.05) is 11.7 Å². The van der Waals surface area contributed by atoms with E-state index in [4.69, 9.17) is 5.11 Å². The Labute approximate surface area is 113 Å². The second kappa shape index (κ2) is 6.78. The number of nitrogens with zero attached hydrogens (tertiary/aromatic N) is 1. The van der Waals surface area contributed by atoms with Gasteiger partial charge in [0.1, 0.15) is 6.54 Å². The molecule has 0 aliphatic carbocycles. The summed E-state index contributed by atoms with van der Waals surface area (Å²) in [6, 6.07) is 6.89. The topological polar surface area (TPSA) is 69.6 Å². The third kappa shape index (κ3) is 4.28. The van der Waals surface area contributed by atoms with E-state index in [1.165, 1.54) is 4.90 Å². The smallest absolute Gasteiger partial charge is 0.323 e. The summed E-state index contributed by atoms with van der Waals surface area (Å²) in [5, 5.41) is 11.6. The average Bonchev–Trinajstić information content (AvgIpc) is 2.37. The van der Waals surface area contributed by atoms with Gasteiger partial charge in [-0.25, -0.2) is 4.79 Å². The number of carboxylic acid groups (broad SMARTS) is 1. The predicted molar refractivity (Wildman–Crippen MR) is 74.3 cm³/mol. The van der Waals surface area contributed by atoms with Crippen molar-refractivity contribution >= 4 is 17.7 Å². The van der Waals surface area contributed by atoms with E-state index in [1.54, 1.807) is 6.07 Å². The normalized spacial score (nSPS) is 11.7. The minimum absolute atomic E-state index is 0.125. The zero-order valence-electron chi connectivity index (χ0n) is 11.5. The lowest BCUT2D eigenvalue weighted by molar-refractivity contribution is -0.138. The SMILES string of the molecule is CCC(C)N(CC(=O)O)C(=O)Nc1ccccc1C. The number of hydrogen-bond donors (Lipinski definition) is 2. The summed E-state index contributed by atoms with van der Waals surface area (Å²) < 4.78 is 0. The van der Waals surface area contributed by atoms with Crippen LogP contribution in [0.25, 0.3) is 0 Å². The van der Waals surface area contributed by atoms with Crippen LogP contribution in [0.4, 0.5) is 10.5 Å². The molecule has 0 aromatic heterocycles. The number of amides is 2. The number of hydrogen-bond acceptors (Lipinski definition) is 2. The van der Waals surface area contributed by atoms with Crippen molar-refractivity contribution in [1.29, 1.82) is 0 Å². The second-order valence-corrected chi connectivity index (χ2v) is 4.52. The first-order valence-electron chi connectivity index (χ1n) is 6.30. The highest BCUT2D eigenvalue weighted by Gasteiger charge is 2.21. The number of anilines is 1. The van der Waals surface area contributed by atoms with Crippen LogP contribution >= 0.6 is 0 Å². The summed E-state index contributed by atoms with van der Waals surface area (Å²) in [7, 11) is 0. The number of carboxylic acids is 1.